The Bertz CT molecular complexity index is 219. The number of amidine groups is 1. The first-order valence-corrected chi connectivity index (χ1v) is 5.41. The summed E-state index contributed by atoms with van der Waals surface area (Å²) >= 11 is 0. The normalized spacial score (nSPS) is 17.9. The van der Waals surface area contributed by atoms with Gasteiger partial charge in [-0.15, -0.1) is 0 Å². The van der Waals surface area contributed by atoms with E-state index in [1.54, 1.807) is 7.11 Å². The maximum atomic E-state index is 8.04. The molecule has 1 aliphatic carbocycles. The first-order valence-electron chi connectivity index (χ1n) is 5.41. The third-order valence-corrected chi connectivity index (χ3v) is 2.72. The molecule has 0 aliphatic heterocycles. The second-order valence-electron chi connectivity index (χ2n) is 4.09. The van der Waals surface area contributed by atoms with Crippen molar-refractivity contribution in [3.63, 3.8) is 0 Å². The van der Waals surface area contributed by atoms with E-state index in [9.17, 15) is 0 Å². The molecule has 1 N–H and O–H groups in total. The van der Waals surface area contributed by atoms with Gasteiger partial charge in [-0.1, -0.05) is 6.92 Å². The number of nitrogens with one attached hydrogen (secondary N) is 1. The highest BCUT2D eigenvalue weighted by Crippen LogP contribution is 2.31. The Morgan fingerprint density at radius 1 is 1.60 bits per heavy atom. The average molecular weight is 209 g/mol. The lowest BCUT2D eigenvalue weighted by Gasteiger charge is -2.37. The van der Waals surface area contributed by atoms with Gasteiger partial charge >= 0.3 is 0 Å². The zero-order valence-electron chi connectivity index (χ0n) is 9.86. The van der Waals surface area contributed by atoms with Crippen LogP contribution in [-0.4, -0.2) is 57.0 Å². The number of rotatable bonds is 6. The molecule has 1 aliphatic rings. The van der Waals surface area contributed by atoms with Crippen molar-refractivity contribution in [2.24, 2.45) is 5.92 Å². The lowest BCUT2D eigenvalue weighted by atomic mass is 9.99. The Kier molecular flexibility index (Phi) is 4.60. The van der Waals surface area contributed by atoms with Crippen molar-refractivity contribution in [2.75, 3.05) is 27.3 Å². The summed E-state index contributed by atoms with van der Waals surface area (Å²) in [5, 5.41) is 11.9. The third kappa shape index (κ3) is 3.50. The van der Waals surface area contributed by atoms with Gasteiger partial charge in [-0.2, -0.15) is 0 Å². The molecule has 15 heavy (non-hydrogen) atoms. The van der Waals surface area contributed by atoms with Crippen molar-refractivity contribution in [3.8, 4) is 0 Å². The Morgan fingerprint density at radius 3 is 2.60 bits per heavy atom. The number of hydrogen-bond acceptors (Lipinski definition) is 3. The lowest BCUT2D eigenvalue weighted by molar-refractivity contribution is 0.0369. The Labute approximate surface area is 93.5 Å². The van der Waals surface area contributed by atoms with Crippen molar-refractivity contribution in [2.45, 2.75) is 25.7 Å². The van der Waals surface area contributed by atoms with Crippen LogP contribution in [0, 0.1) is 11.3 Å². The van der Waals surface area contributed by atoms with E-state index >= 15 is 0 Å². The smallest absolute Gasteiger partial charge is 0.114 e. The topological polar surface area (TPSA) is 39.6 Å². The van der Waals surface area contributed by atoms with Gasteiger partial charge in [0.1, 0.15) is 5.84 Å². The second kappa shape index (κ2) is 5.51. The molecule has 1 saturated carbocycles. The van der Waals surface area contributed by atoms with Crippen LogP contribution in [0.2, 0.25) is 0 Å². The molecule has 1 rings (SSSR count). The molecule has 1 fully saturated rings. The van der Waals surface area contributed by atoms with E-state index in [0.29, 0.717) is 24.9 Å². The van der Waals surface area contributed by atoms with E-state index in [0.717, 1.165) is 12.8 Å². The summed E-state index contributed by atoms with van der Waals surface area (Å²) in [5.41, 5.74) is 0. The molecule has 2 radical (unpaired) electrons. The first kappa shape index (κ1) is 12.5. The van der Waals surface area contributed by atoms with E-state index in [1.165, 1.54) is 0 Å². The summed E-state index contributed by atoms with van der Waals surface area (Å²) in [7, 11) is 9.40. The minimum atomic E-state index is -0.0824. The maximum absolute atomic E-state index is 8.04. The van der Waals surface area contributed by atoms with Crippen LogP contribution < -0.4 is 0 Å². The minimum absolute atomic E-state index is 0.0824. The van der Waals surface area contributed by atoms with Crippen LogP contribution in [0.25, 0.3) is 0 Å². The summed E-state index contributed by atoms with van der Waals surface area (Å²) in [6, 6.07) is 0. The van der Waals surface area contributed by atoms with Crippen LogP contribution in [0.15, 0.2) is 0 Å². The maximum Gasteiger partial charge on any atom is 0.114 e. The second-order valence-corrected chi connectivity index (χ2v) is 4.09. The molecule has 5 heteroatoms. The van der Waals surface area contributed by atoms with E-state index in [1.807, 2.05) is 24.0 Å². The minimum Gasteiger partial charge on any atom is -0.383 e. The van der Waals surface area contributed by atoms with Crippen molar-refractivity contribution < 1.29 is 4.74 Å². The fourth-order valence-electron chi connectivity index (χ4n) is 1.41. The highest BCUT2D eigenvalue weighted by molar-refractivity contribution is 6.11. The Balaban J connectivity index is 2.54. The quantitative estimate of drug-likeness (QED) is 0.302. The Morgan fingerprint density at radius 2 is 2.20 bits per heavy atom. The third-order valence-electron chi connectivity index (χ3n) is 2.72. The number of nitrogens with zero attached hydrogens (tertiary/aromatic N) is 2. The van der Waals surface area contributed by atoms with Crippen LogP contribution in [0.5, 0.6) is 0 Å². The van der Waals surface area contributed by atoms with Gasteiger partial charge in [0.05, 0.1) is 21.0 Å². The summed E-state index contributed by atoms with van der Waals surface area (Å²) in [4.78, 5) is 0. The zero-order valence-corrected chi connectivity index (χ0v) is 9.86. The lowest BCUT2D eigenvalue weighted by Crippen LogP contribution is -2.50. The van der Waals surface area contributed by atoms with Crippen LogP contribution >= 0.6 is 0 Å². The van der Waals surface area contributed by atoms with Crippen molar-refractivity contribution in [1.82, 2.24) is 10.0 Å². The van der Waals surface area contributed by atoms with Gasteiger partial charge in [0.25, 0.3) is 0 Å². The molecule has 0 saturated heterocycles. The first-order chi connectivity index (χ1) is 7.07. The molecule has 0 amide bonds. The molecule has 84 valence electrons. The van der Waals surface area contributed by atoms with Crippen LogP contribution in [0.4, 0.5) is 0 Å². The zero-order chi connectivity index (χ0) is 11.4. The van der Waals surface area contributed by atoms with Gasteiger partial charge < -0.3 is 4.74 Å². The van der Waals surface area contributed by atoms with Crippen LogP contribution in [0.1, 0.15) is 19.8 Å². The number of methoxy groups -OCH3 is 1. The molecular weight excluding hydrogens is 189 g/mol. The SMILES string of the molecule is [B]C(C)N(C)N(CCOC)C(=N)C1CC1. The molecule has 0 aromatic carbocycles. The molecule has 4 nitrogen and oxygen atoms in total. The molecular formula is C10H20BN3O. The average Bonchev–Trinajstić information content (AvgIpc) is 3.00. The fraction of sp³-hybridized carbons (Fsp3) is 0.900. The van der Waals surface area contributed by atoms with Gasteiger partial charge in [-0.3, -0.25) is 10.4 Å². The predicted molar refractivity (Wildman–Crippen MR) is 62.0 cm³/mol. The standard InChI is InChI=1S/C10H20BN3O/c1-8(11)13(2)14(6-7-15-3)10(12)9-4-5-9/h8-9,12H,4-7H2,1-3H3. The number of hydrazine groups is 1. The highest BCUT2D eigenvalue weighted by Gasteiger charge is 2.31. The summed E-state index contributed by atoms with van der Waals surface area (Å²) in [6.45, 7) is 3.23. The molecule has 1 unspecified atom stereocenters. The van der Waals surface area contributed by atoms with Gasteiger partial charge in [-0.25, -0.2) is 5.01 Å². The summed E-state index contributed by atoms with van der Waals surface area (Å²) in [6.07, 6.45) is 2.27. The van der Waals surface area contributed by atoms with E-state index in [-0.39, 0.29) is 5.94 Å². The molecule has 0 bridgehead atoms. The molecule has 0 aromatic heterocycles. The highest BCUT2D eigenvalue weighted by atomic mass is 16.5. The molecule has 0 heterocycles. The molecule has 0 spiro atoms. The van der Waals surface area contributed by atoms with Gasteiger partial charge in [-0.05, 0) is 18.8 Å². The monoisotopic (exact) mass is 209 g/mol. The van der Waals surface area contributed by atoms with Crippen LogP contribution in [0.3, 0.4) is 0 Å². The van der Waals surface area contributed by atoms with E-state index in [2.05, 4.69) is 0 Å². The van der Waals surface area contributed by atoms with Gasteiger partial charge in [0.15, 0.2) is 0 Å². The van der Waals surface area contributed by atoms with Crippen molar-refractivity contribution >= 4 is 13.7 Å². The van der Waals surface area contributed by atoms with Gasteiger partial charge in [0.2, 0.25) is 0 Å². The van der Waals surface area contributed by atoms with Crippen molar-refractivity contribution in [1.29, 1.82) is 5.41 Å². The van der Waals surface area contributed by atoms with E-state index in [4.69, 9.17) is 18.0 Å². The number of ether oxygens (including phenoxy) is 1. The summed E-state index contributed by atoms with van der Waals surface area (Å²) < 4.78 is 5.05. The fourth-order valence-corrected chi connectivity index (χ4v) is 1.41. The van der Waals surface area contributed by atoms with E-state index < -0.39 is 0 Å². The van der Waals surface area contributed by atoms with Gasteiger partial charge in [0, 0.05) is 20.1 Å². The van der Waals surface area contributed by atoms with Crippen molar-refractivity contribution in [3.05, 3.63) is 0 Å². The number of hydrogen-bond donors (Lipinski definition) is 1. The Hall–Kier alpha value is -0.545. The summed E-state index contributed by atoms with van der Waals surface area (Å²) in [5.74, 6) is 1.02. The molecule has 1 atom stereocenters. The van der Waals surface area contributed by atoms with Crippen LogP contribution in [-0.2, 0) is 4.74 Å². The molecule has 0 aromatic rings. The predicted octanol–water partition coefficient (Wildman–Crippen LogP) is 0.683. The largest absolute Gasteiger partial charge is 0.383 e.